The lowest BCUT2D eigenvalue weighted by Crippen LogP contribution is -2.34. The highest BCUT2D eigenvalue weighted by Gasteiger charge is 2.13. The molecule has 4 heteroatoms. The van der Waals surface area contributed by atoms with Crippen molar-refractivity contribution in [1.29, 1.82) is 0 Å². The van der Waals surface area contributed by atoms with Gasteiger partial charge < -0.3 is 10.1 Å². The molecule has 0 heterocycles. The normalized spacial score (nSPS) is 12.5. The Hall–Kier alpha value is -1.32. The molecule has 13 heavy (non-hydrogen) atoms. The molecule has 0 saturated heterocycles. The lowest BCUT2D eigenvalue weighted by molar-refractivity contribution is -0.142. The summed E-state index contributed by atoms with van der Waals surface area (Å²) in [7, 11) is 1.29. The molecule has 0 aliphatic heterocycles. The van der Waals surface area contributed by atoms with E-state index in [0.717, 1.165) is 12.8 Å². The summed E-state index contributed by atoms with van der Waals surface area (Å²) in [6.07, 6.45) is 5.85. The first-order chi connectivity index (χ1) is 6.26. The summed E-state index contributed by atoms with van der Waals surface area (Å²) < 4.78 is 4.48. The number of ether oxygens (including phenoxy) is 1. The Morgan fingerprint density at radius 2 is 2.31 bits per heavy atom. The minimum absolute atomic E-state index is 0.459. The monoisotopic (exact) mass is 185 g/mol. The average molecular weight is 185 g/mol. The van der Waals surface area contributed by atoms with Crippen LogP contribution in [0.15, 0.2) is 12.2 Å². The fourth-order valence-corrected chi connectivity index (χ4v) is 0.801. The van der Waals surface area contributed by atoms with Crippen LogP contribution in [-0.4, -0.2) is 25.5 Å². The standard InChI is InChI=1S/C9H15NO3/c1-3-4-5-6-8(10-7-11)9(12)13-2/h5-8H,3-4H2,1-2H3,(H,10,11)/b6-5+. The van der Waals surface area contributed by atoms with E-state index in [1.54, 1.807) is 6.08 Å². The molecule has 0 aliphatic carbocycles. The maximum Gasteiger partial charge on any atom is 0.332 e. The van der Waals surface area contributed by atoms with Gasteiger partial charge in [0.2, 0.25) is 6.41 Å². The smallest absolute Gasteiger partial charge is 0.332 e. The number of hydrogen-bond donors (Lipinski definition) is 1. The number of unbranched alkanes of at least 4 members (excludes halogenated alkanes) is 1. The van der Waals surface area contributed by atoms with Crippen molar-refractivity contribution in [2.45, 2.75) is 25.8 Å². The van der Waals surface area contributed by atoms with Crippen LogP contribution in [-0.2, 0) is 14.3 Å². The van der Waals surface area contributed by atoms with E-state index in [-0.39, 0.29) is 0 Å². The van der Waals surface area contributed by atoms with Gasteiger partial charge in [0.05, 0.1) is 7.11 Å². The summed E-state index contributed by atoms with van der Waals surface area (Å²) in [6, 6.07) is -0.658. The Kier molecular flexibility index (Phi) is 6.59. The van der Waals surface area contributed by atoms with Gasteiger partial charge in [-0.05, 0) is 6.42 Å². The molecule has 0 aromatic heterocycles. The van der Waals surface area contributed by atoms with Crippen LogP contribution in [0, 0.1) is 0 Å². The van der Waals surface area contributed by atoms with E-state index >= 15 is 0 Å². The fourth-order valence-electron chi connectivity index (χ4n) is 0.801. The van der Waals surface area contributed by atoms with Crippen LogP contribution in [0.2, 0.25) is 0 Å². The predicted octanol–water partition coefficient (Wildman–Crippen LogP) is 0.630. The van der Waals surface area contributed by atoms with Gasteiger partial charge in [-0.15, -0.1) is 0 Å². The molecule has 0 aromatic rings. The summed E-state index contributed by atoms with van der Waals surface area (Å²) in [4.78, 5) is 21.1. The number of carbonyl (C=O) groups is 2. The molecule has 1 atom stereocenters. The van der Waals surface area contributed by atoms with Crippen molar-refractivity contribution in [2.75, 3.05) is 7.11 Å². The minimum Gasteiger partial charge on any atom is -0.467 e. The second kappa shape index (κ2) is 7.34. The molecule has 0 fully saturated rings. The van der Waals surface area contributed by atoms with Crippen LogP contribution in [0.4, 0.5) is 0 Å². The van der Waals surface area contributed by atoms with Crippen molar-refractivity contribution in [2.24, 2.45) is 0 Å². The summed E-state index contributed by atoms with van der Waals surface area (Å²) in [6.45, 7) is 2.03. The summed E-state index contributed by atoms with van der Waals surface area (Å²) in [5.74, 6) is -0.459. The molecule has 0 radical (unpaired) electrons. The zero-order chi connectivity index (χ0) is 10.1. The van der Waals surface area contributed by atoms with Gasteiger partial charge in [-0.1, -0.05) is 25.5 Å². The van der Waals surface area contributed by atoms with Crippen LogP contribution in [0.1, 0.15) is 19.8 Å². The van der Waals surface area contributed by atoms with Crippen LogP contribution in [0.25, 0.3) is 0 Å². The number of carbonyl (C=O) groups excluding carboxylic acids is 2. The lowest BCUT2D eigenvalue weighted by atomic mass is 10.2. The van der Waals surface area contributed by atoms with E-state index in [4.69, 9.17) is 0 Å². The summed E-state index contributed by atoms with van der Waals surface area (Å²) in [5.41, 5.74) is 0. The van der Waals surface area contributed by atoms with Gasteiger partial charge in [-0.25, -0.2) is 4.79 Å². The molecule has 1 N–H and O–H groups in total. The van der Waals surface area contributed by atoms with Gasteiger partial charge in [-0.3, -0.25) is 4.79 Å². The highest BCUT2D eigenvalue weighted by molar-refractivity contribution is 5.80. The summed E-state index contributed by atoms with van der Waals surface area (Å²) >= 11 is 0. The van der Waals surface area contributed by atoms with Crippen LogP contribution in [0.3, 0.4) is 0 Å². The first-order valence-electron chi connectivity index (χ1n) is 4.20. The number of hydrogen-bond acceptors (Lipinski definition) is 3. The van der Waals surface area contributed by atoms with Crippen molar-refractivity contribution in [1.82, 2.24) is 5.32 Å². The van der Waals surface area contributed by atoms with Crippen LogP contribution >= 0.6 is 0 Å². The van der Waals surface area contributed by atoms with E-state index in [9.17, 15) is 9.59 Å². The average Bonchev–Trinajstić information content (AvgIpc) is 2.16. The van der Waals surface area contributed by atoms with E-state index < -0.39 is 12.0 Å². The SMILES string of the molecule is CCC/C=C/C(NC=O)C(=O)OC. The number of esters is 1. The number of amides is 1. The van der Waals surface area contributed by atoms with Crippen molar-refractivity contribution in [3.63, 3.8) is 0 Å². The third-order valence-electron chi connectivity index (χ3n) is 1.49. The van der Waals surface area contributed by atoms with Crippen molar-refractivity contribution in [3.05, 3.63) is 12.2 Å². The minimum atomic E-state index is -0.658. The Morgan fingerprint density at radius 3 is 2.77 bits per heavy atom. The van der Waals surface area contributed by atoms with E-state index in [2.05, 4.69) is 10.1 Å². The third-order valence-corrected chi connectivity index (χ3v) is 1.49. The Labute approximate surface area is 78.0 Å². The second-order valence-electron chi connectivity index (χ2n) is 2.50. The Balaban J connectivity index is 4.07. The number of methoxy groups -OCH3 is 1. The Bertz CT molecular complexity index is 189. The zero-order valence-corrected chi connectivity index (χ0v) is 7.95. The lowest BCUT2D eigenvalue weighted by Gasteiger charge is -2.07. The van der Waals surface area contributed by atoms with Crippen molar-refractivity contribution < 1.29 is 14.3 Å². The molecule has 1 unspecified atom stereocenters. The highest BCUT2D eigenvalue weighted by atomic mass is 16.5. The summed E-state index contributed by atoms with van der Waals surface area (Å²) in [5, 5.41) is 2.35. The first kappa shape index (κ1) is 11.7. The first-order valence-corrected chi connectivity index (χ1v) is 4.20. The van der Waals surface area contributed by atoms with Crippen LogP contribution < -0.4 is 5.32 Å². The van der Waals surface area contributed by atoms with Gasteiger partial charge in [0.1, 0.15) is 6.04 Å². The molecule has 74 valence electrons. The second-order valence-corrected chi connectivity index (χ2v) is 2.50. The maximum absolute atomic E-state index is 11.0. The van der Waals surface area contributed by atoms with E-state index in [1.807, 2.05) is 13.0 Å². The molecule has 0 bridgehead atoms. The molecule has 0 rings (SSSR count). The maximum atomic E-state index is 11.0. The molecule has 1 amide bonds. The highest BCUT2D eigenvalue weighted by Crippen LogP contribution is 1.94. The molecular formula is C9H15NO3. The van der Waals surface area contributed by atoms with Crippen LogP contribution in [0.5, 0.6) is 0 Å². The third kappa shape index (κ3) is 5.00. The van der Waals surface area contributed by atoms with Gasteiger partial charge >= 0.3 is 5.97 Å². The topological polar surface area (TPSA) is 55.4 Å². The number of rotatable bonds is 6. The van der Waals surface area contributed by atoms with Gasteiger partial charge in [0.25, 0.3) is 0 Å². The van der Waals surface area contributed by atoms with Gasteiger partial charge in [-0.2, -0.15) is 0 Å². The van der Waals surface area contributed by atoms with Crippen molar-refractivity contribution >= 4 is 12.4 Å². The Morgan fingerprint density at radius 1 is 1.62 bits per heavy atom. The quantitative estimate of drug-likeness (QED) is 0.375. The predicted molar refractivity (Wildman–Crippen MR) is 49.1 cm³/mol. The molecular weight excluding hydrogens is 170 g/mol. The van der Waals surface area contributed by atoms with Crippen molar-refractivity contribution in [3.8, 4) is 0 Å². The molecule has 0 aliphatic rings. The number of allylic oxidation sites excluding steroid dienone is 1. The number of nitrogens with one attached hydrogen (secondary N) is 1. The van der Waals surface area contributed by atoms with Gasteiger partial charge in [0.15, 0.2) is 0 Å². The molecule has 0 saturated carbocycles. The van der Waals surface area contributed by atoms with E-state index in [0.29, 0.717) is 6.41 Å². The van der Waals surface area contributed by atoms with Gasteiger partial charge in [0, 0.05) is 0 Å². The molecule has 0 aromatic carbocycles. The zero-order valence-electron chi connectivity index (χ0n) is 7.95. The molecule has 0 spiro atoms. The fraction of sp³-hybridized carbons (Fsp3) is 0.556. The van der Waals surface area contributed by atoms with E-state index in [1.165, 1.54) is 7.11 Å². The molecule has 4 nitrogen and oxygen atoms in total. The largest absolute Gasteiger partial charge is 0.467 e.